The number of hydrogen-bond acceptors (Lipinski definition) is 5. The van der Waals surface area contributed by atoms with Crippen molar-refractivity contribution in [2.75, 3.05) is 7.11 Å². The average molecular weight is 310 g/mol. The molecule has 0 unspecified atom stereocenters. The van der Waals surface area contributed by atoms with Crippen LogP contribution >= 0.6 is 0 Å². The minimum Gasteiger partial charge on any atom is -0.481 e. The van der Waals surface area contributed by atoms with Gasteiger partial charge in [0.05, 0.1) is 24.7 Å². The van der Waals surface area contributed by atoms with Crippen molar-refractivity contribution in [2.24, 2.45) is 0 Å². The maximum Gasteiger partial charge on any atom is 0.356 e. The lowest BCUT2D eigenvalue weighted by Crippen LogP contribution is -2.03. The van der Waals surface area contributed by atoms with Crippen molar-refractivity contribution in [3.05, 3.63) is 54.1 Å². The lowest BCUT2D eigenvalue weighted by atomic mass is 10.2. The minimum atomic E-state index is -1.09. The van der Waals surface area contributed by atoms with Crippen LogP contribution in [0, 0.1) is 6.92 Å². The van der Waals surface area contributed by atoms with Gasteiger partial charge in [0.1, 0.15) is 0 Å². The van der Waals surface area contributed by atoms with Crippen molar-refractivity contribution >= 4 is 5.97 Å². The highest BCUT2D eigenvalue weighted by Gasteiger charge is 2.16. The van der Waals surface area contributed by atoms with Gasteiger partial charge in [-0.15, -0.1) is 0 Å². The molecule has 3 aromatic rings. The topological polar surface area (TPSA) is 90.1 Å². The van der Waals surface area contributed by atoms with Crippen LogP contribution in [0.3, 0.4) is 0 Å². The molecule has 7 nitrogen and oxygen atoms in total. The molecular formula is C16H14N4O3. The maximum atomic E-state index is 11.3. The third-order valence-electron chi connectivity index (χ3n) is 3.31. The van der Waals surface area contributed by atoms with Crippen LogP contribution in [0.15, 0.2) is 42.7 Å². The van der Waals surface area contributed by atoms with E-state index in [9.17, 15) is 9.90 Å². The number of aromatic nitrogens is 4. The third kappa shape index (κ3) is 2.89. The van der Waals surface area contributed by atoms with Crippen molar-refractivity contribution in [3.8, 4) is 22.8 Å². The quantitative estimate of drug-likeness (QED) is 0.795. The van der Waals surface area contributed by atoms with E-state index in [1.165, 1.54) is 17.9 Å². The summed E-state index contributed by atoms with van der Waals surface area (Å²) in [6.07, 6.45) is 3.26. The van der Waals surface area contributed by atoms with E-state index in [0.29, 0.717) is 17.3 Å². The van der Waals surface area contributed by atoms with Crippen LogP contribution in [0.1, 0.15) is 16.2 Å². The van der Waals surface area contributed by atoms with Crippen LogP contribution < -0.4 is 4.74 Å². The van der Waals surface area contributed by atoms with Crippen LogP contribution in [0.5, 0.6) is 5.88 Å². The molecule has 0 aromatic carbocycles. The van der Waals surface area contributed by atoms with Crippen LogP contribution in [0.2, 0.25) is 0 Å². The van der Waals surface area contributed by atoms with Crippen molar-refractivity contribution in [2.45, 2.75) is 6.92 Å². The molecule has 0 fully saturated rings. The summed E-state index contributed by atoms with van der Waals surface area (Å²) in [5.41, 5.74) is 2.86. The molecule has 3 rings (SSSR count). The Balaban J connectivity index is 2.13. The number of hydrogen-bond donors (Lipinski definition) is 1. The summed E-state index contributed by atoms with van der Waals surface area (Å²) in [6, 6.07) is 8.70. The van der Waals surface area contributed by atoms with E-state index >= 15 is 0 Å². The predicted octanol–water partition coefficient (Wildman–Crippen LogP) is 2.34. The average Bonchev–Trinajstić information content (AvgIpc) is 3.01. The van der Waals surface area contributed by atoms with Crippen molar-refractivity contribution in [1.82, 2.24) is 19.7 Å². The van der Waals surface area contributed by atoms with Gasteiger partial charge in [-0.05, 0) is 31.2 Å². The van der Waals surface area contributed by atoms with E-state index in [2.05, 4.69) is 15.1 Å². The summed E-state index contributed by atoms with van der Waals surface area (Å²) in [5.74, 6) is -0.621. The van der Waals surface area contributed by atoms with Gasteiger partial charge in [-0.3, -0.25) is 4.98 Å². The Morgan fingerprint density at radius 2 is 2.00 bits per heavy atom. The Labute approximate surface area is 132 Å². The van der Waals surface area contributed by atoms with Gasteiger partial charge in [0.25, 0.3) is 0 Å². The van der Waals surface area contributed by atoms with E-state index in [1.54, 1.807) is 24.5 Å². The second-order valence-electron chi connectivity index (χ2n) is 4.88. The Morgan fingerprint density at radius 3 is 2.57 bits per heavy atom. The van der Waals surface area contributed by atoms with Gasteiger partial charge in [0, 0.05) is 23.5 Å². The molecule has 23 heavy (non-hydrogen) atoms. The molecule has 0 atom stereocenters. The lowest BCUT2D eigenvalue weighted by molar-refractivity contribution is 0.0690. The second kappa shape index (κ2) is 5.88. The fourth-order valence-corrected chi connectivity index (χ4v) is 2.13. The smallest absolute Gasteiger partial charge is 0.356 e. The number of aromatic carboxylic acids is 1. The summed E-state index contributed by atoms with van der Waals surface area (Å²) in [6.45, 7) is 1.89. The number of carboxylic acid groups (broad SMARTS) is 1. The Hall–Kier alpha value is -3.22. The standard InChI is InChI=1S/C16H14N4O3/c1-10-3-4-11(8-17-10)14-7-13(16(21)22)19-20(14)12-5-6-15(23-2)18-9-12/h3-9H,1-2H3,(H,21,22). The minimum absolute atomic E-state index is 0.0450. The van der Waals surface area contributed by atoms with Crippen LogP contribution in [-0.4, -0.2) is 37.9 Å². The van der Waals surface area contributed by atoms with Crippen LogP contribution in [0.25, 0.3) is 16.9 Å². The molecule has 0 aliphatic heterocycles. The van der Waals surface area contributed by atoms with Crippen LogP contribution in [0.4, 0.5) is 0 Å². The Morgan fingerprint density at radius 1 is 1.17 bits per heavy atom. The zero-order chi connectivity index (χ0) is 16.4. The number of aryl methyl sites for hydroxylation is 1. The molecule has 0 aliphatic carbocycles. The molecule has 7 heteroatoms. The third-order valence-corrected chi connectivity index (χ3v) is 3.31. The predicted molar refractivity (Wildman–Crippen MR) is 82.8 cm³/mol. The molecule has 0 aliphatic rings. The summed E-state index contributed by atoms with van der Waals surface area (Å²) >= 11 is 0. The highest BCUT2D eigenvalue weighted by molar-refractivity contribution is 5.87. The molecule has 116 valence electrons. The summed E-state index contributed by atoms with van der Waals surface area (Å²) in [5, 5.41) is 13.4. The summed E-state index contributed by atoms with van der Waals surface area (Å²) < 4.78 is 6.56. The molecule has 0 saturated heterocycles. The van der Waals surface area contributed by atoms with Gasteiger partial charge >= 0.3 is 5.97 Å². The first-order valence-electron chi connectivity index (χ1n) is 6.85. The largest absolute Gasteiger partial charge is 0.481 e. The molecule has 0 amide bonds. The van der Waals surface area contributed by atoms with Gasteiger partial charge < -0.3 is 9.84 Å². The lowest BCUT2D eigenvalue weighted by Gasteiger charge is -2.07. The number of ether oxygens (including phenoxy) is 1. The molecule has 0 radical (unpaired) electrons. The summed E-state index contributed by atoms with van der Waals surface area (Å²) in [4.78, 5) is 19.6. The maximum absolute atomic E-state index is 11.3. The van der Waals surface area contributed by atoms with Gasteiger partial charge in [0.2, 0.25) is 5.88 Å². The van der Waals surface area contributed by atoms with Gasteiger partial charge in [0.15, 0.2) is 5.69 Å². The first-order chi connectivity index (χ1) is 11.1. The van der Waals surface area contributed by atoms with E-state index in [0.717, 1.165) is 11.3 Å². The van der Waals surface area contributed by atoms with Gasteiger partial charge in [-0.1, -0.05) is 0 Å². The van der Waals surface area contributed by atoms with Gasteiger partial charge in [-0.25, -0.2) is 14.5 Å². The molecule has 0 bridgehead atoms. The van der Waals surface area contributed by atoms with E-state index in [-0.39, 0.29) is 5.69 Å². The number of rotatable bonds is 4. The van der Waals surface area contributed by atoms with E-state index in [4.69, 9.17) is 4.74 Å². The number of nitrogens with zero attached hydrogens (tertiary/aromatic N) is 4. The first kappa shape index (κ1) is 14.7. The Kier molecular flexibility index (Phi) is 3.76. The second-order valence-corrected chi connectivity index (χ2v) is 4.88. The fraction of sp³-hybridized carbons (Fsp3) is 0.125. The van der Waals surface area contributed by atoms with E-state index in [1.807, 2.05) is 19.1 Å². The number of methoxy groups -OCH3 is 1. The van der Waals surface area contributed by atoms with Crippen molar-refractivity contribution in [3.63, 3.8) is 0 Å². The molecule has 3 aromatic heterocycles. The monoisotopic (exact) mass is 310 g/mol. The zero-order valence-corrected chi connectivity index (χ0v) is 12.6. The molecule has 0 saturated carbocycles. The highest BCUT2D eigenvalue weighted by Crippen LogP contribution is 2.24. The fourth-order valence-electron chi connectivity index (χ4n) is 2.13. The van der Waals surface area contributed by atoms with Crippen LogP contribution in [-0.2, 0) is 0 Å². The number of pyridine rings is 2. The highest BCUT2D eigenvalue weighted by atomic mass is 16.5. The van der Waals surface area contributed by atoms with Crippen molar-refractivity contribution < 1.29 is 14.6 Å². The normalized spacial score (nSPS) is 10.5. The van der Waals surface area contributed by atoms with Crippen molar-refractivity contribution in [1.29, 1.82) is 0 Å². The SMILES string of the molecule is COc1ccc(-n2nc(C(=O)O)cc2-c2ccc(C)nc2)cn1. The number of carboxylic acids is 1. The molecule has 0 spiro atoms. The zero-order valence-electron chi connectivity index (χ0n) is 12.6. The number of carbonyl (C=O) groups is 1. The van der Waals surface area contributed by atoms with E-state index < -0.39 is 5.97 Å². The Bertz CT molecular complexity index is 839. The molecular weight excluding hydrogens is 296 g/mol. The molecule has 1 N–H and O–H groups in total. The van der Waals surface area contributed by atoms with Gasteiger partial charge in [-0.2, -0.15) is 5.10 Å². The summed E-state index contributed by atoms with van der Waals surface area (Å²) in [7, 11) is 1.53. The first-order valence-corrected chi connectivity index (χ1v) is 6.85. The molecule has 3 heterocycles.